The molecule has 0 fully saturated rings. The zero-order valence-corrected chi connectivity index (χ0v) is 15.6. The number of rotatable bonds is 12. The summed E-state index contributed by atoms with van der Waals surface area (Å²) in [5, 5.41) is 10.1. The molecule has 0 heterocycles. The van der Waals surface area contributed by atoms with Gasteiger partial charge in [-0.2, -0.15) is 0 Å². The van der Waals surface area contributed by atoms with Crippen molar-refractivity contribution in [2.75, 3.05) is 0 Å². The van der Waals surface area contributed by atoms with Crippen molar-refractivity contribution >= 4 is 5.97 Å². The van der Waals surface area contributed by atoms with Gasteiger partial charge in [-0.1, -0.05) is 88.0 Å². The maximum atomic E-state index is 10.1. The van der Waals surface area contributed by atoms with Crippen molar-refractivity contribution in [3.05, 3.63) is 48.6 Å². The molecule has 2 nitrogen and oxygen atoms in total. The number of hydrogen-bond acceptors (Lipinski definition) is 2. The number of aliphatic carboxylic acids is 1. The van der Waals surface area contributed by atoms with E-state index in [9.17, 15) is 9.90 Å². The first kappa shape index (κ1) is 22.7. The van der Waals surface area contributed by atoms with Crippen LogP contribution < -0.4 is 34.7 Å². The van der Waals surface area contributed by atoms with Crippen LogP contribution in [0.15, 0.2) is 48.6 Å². The van der Waals surface area contributed by atoms with Crippen molar-refractivity contribution in [1.29, 1.82) is 0 Å². The Morgan fingerprint density at radius 1 is 0.810 bits per heavy atom. The molecule has 0 aromatic carbocycles. The smallest absolute Gasteiger partial charge is 0.545 e. The van der Waals surface area contributed by atoms with E-state index in [-0.39, 0.29) is 29.6 Å². The third kappa shape index (κ3) is 21.9. The molecule has 0 aliphatic rings. The molecule has 112 valence electrons. The minimum atomic E-state index is -1.17. The molecule has 0 atom stereocenters. The number of carbonyl (C=O) groups is 1. The fourth-order valence-corrected chi connectivity index (χ4v) is 1.78. The van der Waals surface area contributed by atoms with Crippen LogP contribution in [0, 0.1) is 0 Å². The number of hydrogen-bond donors (Lipinski definition) is 0. The van der Waals surface area contributed by atoms with E-state index in [0.717, 1.165) is 12.5 Å². The molecule has 0 amide bonds. The molecule has 0 saturated heterocycles. The van der Waals surface area contributed by atoms with Crippen LogP contribution in [0.2, 0.25) is 0 Å². The number of carboxylic acids is 1. The standard InChI is InChI=1S/C18H28O2.Na/c1-2-3-4-5-6-7-8-9-10-11-12-13-14-15-16-17-18(19)20;/h10-17H,2-9H2,1H3,(H,19,20);/q;+1/p-1. The Morgan fingerprint density at radius 3 is 1.95 bits per heavy atom. The molecule has 3 heteroatoms. The van der Waals surface area contributed by atoms with E-state index < -0.39 is 5.97 Å². The van der Waals surface area contributed by atoms with Gasteiger partial charge in [0.25, 0.3) is 0 Å². The Bertz CT molecular complexity index is 341. The molecule has 0 aliphatic carbocycles. The fourth-order valence-electron chi connectivity index (χ4n) is 1.78. The molecule has 0 bridgehead atoms. The predicted molar refractivity (Wildman–Crippen MR) is 84.2 cm³/mol. The Kier molecular flexibility index (Phi) is 21.0. The van der Waals surface area contributed by atoms with Crippen molar-refractivity contribution in [1.82, 2.24) is 0 Å². The minimum Gasteiger partial charge on any atom is -0.545 e. The van der Waals surface area contributed by atoms with Crippen molar-refractivity contribution in [3.8, 4) is 0 Å². The number of carboxylic acid groups (broad SMARTS) is 1. The third-order valence-electron chi connectivity index (χ3n) is 2.90. The minimum absolute atomic E-state index is 0. The van der Waals surface area contributed by atoms with Gasteiger partial charge in [0.1, 0.15) is 0 Å². The monoisotopic (exact) mass is 298 g/mol. The van der Waals surface area contributed by atoms with E-state index in [1.165, 1.54) is 51.0 Å². The Hall–Kier alpha value is -0.570. The third-order valence-corrected chi connectivity index (χ3v) is 2.90. The average molecular weight is 298 g/mol. The zero-order valence-electron chi connectivity index (χ0n) is 13.6. The van der Waals surface area contributed by atoms with Gasteiger partial charge in [0, 0.05) is 0 Å². The van der Waals surface area contributed by atoms with Gasteiger partial charge in [-0.25, -0.2) is 0 Å². The molecule has 0 unspecified atom stereocenters. The summed E-state index contributed by atoms with van der Waals surface area (Å²) >= 11 is 0. The van der Waals surface area contributed by atoms with Crippen molar-refractivity contribution < 1.29 is 39.5 Å². The van der Waals surface area contributed by atoms with Crippen LogP contribution in [0.3, 0.4) is 0 Å². The van der Waals surface area contributed by atoms with E-state index in [1.807, 2.05) is 18.2 Å². The second-order valence-corrected chi connectivity index (χ2v) is 4.79. The molecule has 0 spiro atoms. The van der Waals surface area contributed by atoms with Gasteiger partial charge in [0.2, 0.25) is 0 Å². The van der Waals surface area contributed by atoms with Crippen LogP contribution in [-0.2, 0) is 4.79 Å². The molecule has 0 aromatic heterocycles. The molecular weight excluding hydrogens is 271 g/mol. The first-order chi connectivity index (χ1) is 9.77. The molecule has 0 aliphatic heterocycles. The number of allylic oxidation sites excluding steroid dienone is 7. The number of carbonyl (C=O) groups excluding carboxylic acids is 1. The van der Waals surface area contributed by atoms with E-state index in [1.54, 1.807) is 12.2 Å². The SMILES string of the molecule is CCCCCCCCCC=CC=CC=CC=CC(=O)[O-].[Na+]. The van der Waals surface area contributed by atoms with Crippen LogP contribution in [0.5, 0.6) is 0 Å². The van der Waals surface area contributed by atoms with Crippen LogP contribution in [0.25, 0.3) is 0 Å². The maximum Gasteiger partial charge on any atom is 1.00 e. The average Bonchev–Trinajstić information content (AvgIpc) is 2.43. The molecule has 0 aromatic rings. The first-order valence-electron chi connectivity index (χ1n) is 7.65. The summed E-state index contributed by atoms with van der Waals surface area (Å²) in [6, 6.07) is 0. The Balaban J connectivity index is 0. The van der Waals surface area contributed by atoms with E-state index in [4.69, 9.17) is 0 Å². The summed E-state index contributed by atoms with van der Waals surface area (Å²) in [5.74, 6) is -1.17. The van der Waals surface area contributed by atoms with Gasteiger partial charge in [-0.05, 0) is 18.9 Å². The van der Waals surface area contributed by atoms with Gasteiger partial charge in [0.05, 0.1) is 5.97 Å². The van der Waals surface area contributed by atoms with Crippen LogP contribution in [0.1, 0.15) is 58.3 Å². The summed E-state index contributed by atoms with van der Waals surface area (Å²) in [6.07, 6.45) is 24.5. The van der Waals surface area contributed by atoms with E-state index >= 15 is 0 Å². The van der Waals surface area contributed by atoms with E-state index in [0.29, 0.717) is 0 Å². The second-order valence-electron chi connectivity index (χ2n) is 4.79. The van der Waals surface area contributed by atoms with Crippen molar-refractivity contribution in [2.45, 2.75) is 58.3 Å². The first-order valence-corrected chi connectivity index (χ1v) is 7.65. The topological polar surface area (TPSA) is 40.1 Å². The second kappa shape index (κ2) is 19.4. The van der Waals surface area contributed by atoms with Gasteiger partial charge in [-0.15, -0.1) is 0 Å². The molecule has 0 N–H and O–H groups in total. The fraction of sp³-hybridized carbons (Fsp3) is 0.500. The largest absolute Gasteiger partial charge is 1.00 e. The van der Waals surface area contributed by atoms with Crippen molar-refractivity contribution in [2.24, 2.45) is 0 Å². The summed E-state index contributed by atoms with van der Waals surface area (Å²) in [4.78, 5) is 10.1. The summed E-state index contributed by atoms with van der Waals surface area (Å²) in [6.45, 7) is 2.24. The van der Waals surface area contributed by atoms with Gasteiger partial charge in [-0.3, -0.25) is 0 Å². The van der Waals surface area contributed by atoms with E-state index in [2.05, 4.69) is 13.0 Å². The molecule has 21 heavy (non-hydrogen) atoms. The van der Waals surface area contributed by atoms with Gasteiger partial charge >= 0.3 is 29.6 Å². The molecule has 0 saturated carbocycles. The van der Waals surface area contributed by atoms with Gasteiger partial charge in [0.15, 0.2) is 0 Å². The van der Waals surface area contributed by atoms with Crippen LogP contribution in [0.4, 0.5) is 0 Å². The predicted octanol–water partition coefficient (Wildman–Crippen LogP) is 1.11. The Morgan fingerprint density at radius 2 is 1.33 bits per heavy atom. The summed E-state index contributed by atoms with van der Waals surface area (Å²) < 4.78 is 0. The van der Waals surface area contributed by atoms with Gasteiger partial charge < -0.3 is 9.90 Å². The molecule has 0 radical (unpaired) electrons. The van der Waals surface area contributed by atoms with Crippen LogP contribution in [-0.4, -0.2) is 5.97 Å². The zero-order chi connectivity index (χ0) is 14.9. The summed E-state index contributed by atoms with van der Waals surface area (Å²) in [7, 11) is 0. The number of unbranched alkanes of at least 4 members (excludes halogenated alkanes) is 7. The quantitative estimate of drug-likeness (QED) is 0.234. The maximum absolute atomic E-state index is 10.1. The van der Waals surface area contributed by atoms with Crippen molar-refractivity contribution in [3.63, 3.8) is 0 Å². The Labute approximate surface area is 152 Å². The summed E-state index contributed by atoms with van der Waals surface area (Å²) in [5.41, 5.74) is 0. The normalized spacial score (nSPS) is 11.9. The molecule has 0 rings (SSSR count). The molecular formula is C18H27NaO2. The van der Waals surface area contributed by atoms with Crippen LogP contribution >= 0.6 is 0 Å².